The molecule has 0 radical (unpaired) electrons. The van der Waals surface area contributed by atoms with Gasteiger partial charge in [-0.15, -0.1) is 0 Å². The van der Waals surface area contributed by atoms with E-state index in [4.69, 9.17) is 0 Å². The first kappa shape index (κ1) is 41.6. The van der Waals surface area contributed by atoms with Crippen LogP contribution in [0.3, 0.4) is 0 Å². The van der Waals surface area contributed by atoms with E-state index in [0.717, 1.165) is 51.4 Å². The molecule has 0 saturated heterocycles. The van der Waals surface area contributed by atoms with Gasteiger partial charge < -0.3 is 10.4 Å². The highest BCUT2D eigenvalue weighted by atomic mass is 32.2. The maximum atomic E-state index is 12.4. The van der Waals surface area contributed by atoms with Crippen LogP contribution in [-0.4, -0.2) is 41.9 Å². The predicted octanol–water partition coefficient (Wildman–Crippen LogP) is 9.79. The molecule has 6 nitrogen and oxygen atoms in total. The van der Waals surface area contributed by atoms with Gasteiger partial charge in [-0.1, -0.05) is 140 Å². The lowest BCUT2D eigenvalue weighted by molar-refractivity contribution is -0.122. The number of nitrogens with one attached hydrogen (secondary N) is 1. The Hall–Kier alpha value is -1.44. The molecule has 0 spiro atoms. The highest BCUT2D eigenvalue weighted by Gasteiger charge is 2.24. The molecule has 0 heterocycles. The lowest BCUT2D eigenvalue weighted by Crippen LogP contribution is -2.46. The van der Waals surface area contributed by atoms with E-state index in [1.807, 2.05) is 0 Å². The van der Waals surface area contributed by atoms with Crippen LogP contribution in [0, 0.1) is 0 Å². The molecular weight excluding hydrogens is 558 g/mol. The fourth-order valence-electron chi connectivity index (χ4n) is 5.11. The molecule has 0 fully saturated rings. The van der Waals surface area contributed by atoms with Crippen molar-refractivity contribution in [1.82, 2.24) is 5.32 Å². The van der Waals surface area contributed by atoms with E-state index in [0.29, 0.717) is 6.42 Å². The van der Waals surface area contributed by atoms with Crippen molar-refractivity contribution in [3.63, 3.8) is 0 Å². The molecule has 0 aromatic heterocycles. The summed E-state index contributed by atoms with van der Waals surface area (Å²) in [6, 6.07) is -1.07. The topological polar surface area (TPSA) is 104 Å². The molecule has 2 unspecified atom stereocenters. The van der Waals surface area contributed by atoms with Crippen LogP contribution in [-0.2, 0) is 14.9 Å². The molecule has 0 aromatic rings. The van der Waals surface area contributed by atoms with E-state index >= 15 is 0 Å². The maximum Gasteiger partial charge on any atom is 0.267 e. The van der Waals surface area contributed by atoms with Gasteiger partial charge >= 0.3 is 0 Å². The Morgan fingerprint density at radius 3 is 1.47 bits per heavy atom. The molecule has 0 aromatic carbocycles. The number of hydrogen-bond acceptors (Lipinski definition) is 4. The molecule has 0 aliphatic rings. The standard InChI is InChI=1S/C36H67NO5S/c1-3-5-7-9-11-13-15-17-18-20-22-24-26-28-30-32-36(39)37-34(33-43(40,41)42)35(38)31-29-27-25-23-21-19-16-14-12-10-8-6-4-2/h17-18,21,23,29,31,34-35,38H,3-16,19-20,22,24-28,30,32-33H2,1-2H3,(H,37,39)(H,40,41,42)/b18-17-,23-21+,31-29+. The third-order valence-electron chi connectivity index (χ3n) is 7.79. The first-order chi connectivity index (χ1) is 20.8. The summed E-state index contributed by atoms with van der Waals surface area (Å²) >= 11 is 0. The number of aliphatic hydroxyl groups is 1. The Kier molecular flexibility index (Phi) is 29.6. The molecule has 1 amide bonds. The van der Waals surface area contributed by atoms with Crippen molar-refractivity contribution >= 4 is 16.0 Å². The summed E-state index contributed by atoms with van der Waals surface area (Å²) in [5, 5.41) is 13.1. The lowest BCUT2D eigenvalue weighted by Gasteiger charge is -2.21. The summed E-state index contributed by atoms with van der Waals surface area (Å²) in [4.78, 5) is 12.4. The fourth-order valence-corrected chi connectivity index (χ4v) is 5.84. The first-order valence-corrected chi connectivity index (χ1v) is 19.3. The van der Waals surface area contributed by atoms with E-state index in [1.54, 1.807) is 6.08 Å². The highest BCUT2D eigenvalue weighted by Crippen LogP contribution is 2.11. The SMILES string of the molecule is CCCCCCCC/C=C\CCCCCCCC(=O)NC(CS(=O)(=O)O)C(O)/C=C/CC/C=C/CCCCCCCCC. The van der Waals surface area contributed by atoms with Crippen LogP contribution in [0.2, 0.25) is 0 Å². The molecule has 0 rings (SSSR count). The zero-order chi connectivity index (χ0) is 31.9. The van der Waals surface area contributed by atoms with Gasteiger partial charge in [-0.3, -0.25) is 9.35 Å². The second kappa shape index (κ2) is 30.6. The molecular formula is C36H67NO5S. The van der Waals surface area contributed by atoms with Gasteiger partial charge in [-0.2, -0.15) is 8.42 Å². The number of carbonyl (C=O) groups excluding carboxylic acids is 1. The predicted molar refractivity (Wildman–Crippen MR) is 184 cm³/mol. The van der Waals surface area contributed by atoms with Gasteiger partial charge in [-0.05, 0) is 57.8 Å². The smallest absolute Gasteiger partial charge is 0.267 e. The summed E-state index contributed by atoms with van der Waals surface area (Å²) in [6.07, 6.45) is 38.4. The van der Waals surface area contributed by atoms with E-state index < -0.39 is 28.0 Å². The minimum atomic E-state index is -4.35. The molecule has 0 aliphatic carbocycles. The zero-order valence-electron chi connectivity index (χ0n) is 27.8. The fraction of sp³-hybridized carbons (Fsp3) is 0.806. The summed E-state index contributed by atoms with van der Waals surface area (Å²) in [5.74, 6) is -1.01. The monoisotopic (exact) mass is 625 g/mol. The van der Waals surface area contributed by atoms with Crippen LogP contribution >= 0.6 is 0 Å². The number of amides is 1. The van der Waals surface area contributed by atoms with Gasteiger partial charge in [-0.25, -0.2) is 0 Å². The normalized spacial score (nSPS) is 13.9. The van der Waals surface area contributed by atoms with Crippen molar-refractivity contribution in [3.05, 3.63) is 36.5 Å². The quantitative estimate of drug-likeness (QED) is 0.0404. The number of unbranched alkanes of at least 4 members (excludes halogenated alkanes) is 19. The van der Waals surface area contributed by atoms with Crippen LogP contribution in [0.25, 0.3) is 0 Å². The van der Waals surface area contributed by atoms with Crippen LogP contribution in [0.4, 0.5) is 0 Å². The molecule has 252 valence electrons. The third-order valence-corrected chi connectivity index (χ3v) is 8.57. The number of allylic oxidation sites excluding steroid dienone is 5. The zero-order valence-corrected chi connectivity index (χ0v) is 28.6. The molecule has 2 atom stereocenters. The van der Waals surface area contributed by atoms with E-state index in [-0.39, 0.29) is 12.3 Å². The Balaban J connectivity index is 4.08. The molecule has 7 heteroatoms. The van der Waals surface area contributed by atoms with E-state index in [9.17, 15) is 22.9 Å². The summed E-state index contributed by atoms with van der Waals surface area (Å²) in [5.41, 5.74) is 0. The Bertz CT molecular complexity index is 821. The van der Waals surface area contributed by atoms with Gasteiger partial charge in [0.25, 0.3) is 10.1 Å². The summed E-state index contributed by atoms with van der Waals surface area (Å²) < 4.78 is 32.3. The largest absolute Gasteiger partial charge is 0.387 e. The lowest BCUT2D eigenvalue weighted by atomic mass is 10.1. The van der Waals surface area contributed by atoms with Crippen molar-refractivity contribution < 1.29 is 22.9 Å². The van der Waals surface area contributed by atoms with Crippen LogP contribution in [0.1, 0.15) is 168 Å². The van der Waals surface area contributed by atoms with E-state index in [2.05, 4.69) is 43.5 Å². The average molecular weight is 626 g/mol. The minimum Gasteiger partial charge on any atom is -0.387 e. The number of hydrogen-bond donors (Lipinski definition) is 3. The van der Waals surface area contributed by atoms with Gasteiger partial charge in [0.05, 0.1) is 17.9 Å². The number of carbonyl (C=O) groups is 1. The summed E-state index contributed by atoms with van der Waals surface area (Å²) in [6.45, 7) is 4.48. The molecule has 3 N–H and O–H groups in total. The van der Waals surface area contributed by atoms with Crippen LogP contribution < -0.4 is 5.32 Å². The Labute approximate surface area is 266 Å². The molecule has 0 aliphatic heterocycles. The first-order valence-electron chi connectivity index (χ1n) is 17.7. The van der Waals surface area contributed by atoms with Gasteiger partial charge in [0.1, 0.15) is 0 Å². The second-order valence-electron chi connectivity index (χ2n) is 12.1. The molecule has 0 saturated carbocycles. The summed E-state index contributed by atoms with van der Waals surface area (Å²) in [7, 11) is -4.35. The van der Waals surface area contributed by atoms with Crippen molar-refractivity contribution in [2.24, 2.45) is 0 Å². The van der Waals surface area contributed by atoms with E-state index in [1.165, 1.54) is 96.0 Å². The Morgan fingerprint density at radius 1 is 0.605 bits per heavy atom. The highest BCUT2D eigenvalue weighted by molar-refractivity contribution is 7.85. The van der Waals surface area contributed by atoms with Crippen molar-refractivity contribution in [3.8, 4) is 0 Å². The van der Waals surface area contributed by atoms with Crippen molar-refractivity contribution in [1.29, 1.82) is 0 Å². The Morgan fingerprint density at radius 2 is 1.00 bits per heavy atom. The van der Waals surface area contributed by atoms with Crippen LogP contribution in [0.15, 0.2) is 36.5 Å². The maximum absolute atomic E-state index is 12.4. The third kappa shape index (κ3) is 31.8. The minimum absolute atomic E-state index is 0.278. The molecule has 0 bridgehead atoms. The van der Waals surface area contributed by atoms with Crippen molar-refractivity contribution in [2.75, 3.05) is 5.75 Å². The number of aliphatic hydroxyl groups excluding tert-OH is 1. The van der Waals surface area contributed by atoms with Gasteiger partial charge in [0.15, 0.2) is 0 Å². The van der Waals surface area contributed by atoms with Gasteiger partial charge in [0.2, 0.25) is 5.91 Å². The average Bonchev–Trinajstić information content (AvgIpc) is 2.96. The van der Waals surface area contributed by atoms with Gasteiger partial charge in [0, 0.05) is 6.42 Å². The molecule has 43 heavy (non-hydrogen) atoms. The van der Waals surface area contributed by atoms with Crippen LogP contribution in [0.5, 0.6) is 0 Å². The second-order valence-corrected chi connectivity index (χ2v) is 13.6. The van der Waals surface area contributed by atoms with Crippen molar-refractivity contribution in [2.45, 2.75) is 180 Å². The number of rotatable bonds is 31.